The van der Waals surface area contributed by atoms with Crippen molar-refractivity contribution in [1.29, 1.82) is 0 Å². The standard InChI is InChI=1S/C23H23FN6O2S/c1-31-20-7-3-2-6-19(20)29-14-25-30(23(29)33)15-28-12-4-5-17(13-28)22-26-21(27-32-22)16-8-10-18(24)11-9-16/h2-3,6-11,14,17H,4-5,12-13,15H2,1H3. The Bertz CT molecular complexity index is 1300. The highest BCUT2D eigenvalue weighted by molar-refractivity contribution is 7.71. The number of piperidine rings is 1. The fourth-order valence-electron chi connectivity index (χ4n) is 4.12. The predicted octanol–water partition coefficient (Wildman–Crippen LogP) is 4.44. The highest BCUT2D eigenvalue weighted by atomic mass is 32.1. The van der Waals surface area contributed by atoms with Crippen LogP contribution < -0.4 is 4.74 Å². The Balaban J connectivity index is 1.30. The predicted molar refractivity (Wildman–Crippen MR) is 122 cm³/mol. The molecule has 170 valence electrons. The lowest BCUT2D eigenvalue weighted by Gasteiger charge is -2.30. The van der Waals surface area contributed by atoms with Crippen LogP contribution in [0.3, 0.4) is 0 Å². The van der Waals surface area contributed by atoms with Gasteiger partial charge in [0, 0.05) is 12.1 Å². The van der Waals surface area contributed by atoms with E-state index in [0.717, 1.165) is 42.9 Å². The molecule has 1 aliphatic heterocycles. The van der Waals surface area contributed by atoms with Crippen LogP contribution in [0, 0.1) is 10.6 Å². The first-order chi connectivity index (χ1) is 16.1. The van der Waals surface area contributed by atoms with E-state index in [1.807, 2.05) is 33.5 Å². The molecule has 1 fully saturated rings. The normalized spacial score (nSPS) is 16.7. The second kappa shape index (κ2) is 9.24. The molecule has 0 saturated carbocycles. The van der Waals surface area contributed by atoms with Crippen molar-refractivity contribution in [3.05, 3.63) is 71.3 Å². The summed E-state index contributed by atoms with van der Waals surface area (Å²) >= 11 is 5.69. The average Bonchev–Trinajstić information content (AvgIpc) is 3.47. The summed E-state index contributed by atoms with van der Waals surface area (Å²) in [5.74, 6) is 1.63. The quantitative estimate of drug-likeness (QED) is 0.389. The van der Waals surface area contributed by atoms with Gasteiger partial charge in [0.05, 0.1) is 25.4 Å². The van der Waals surface area contributed by atoms with E-state index in [2.05, 4.69) is 20.1 Å². The van der Waals surface area contributed by atoms with Crippen molar-refractivity contribution in [1.82, 2.24) is 29.4 Å². The van der Waals surface area contributed by atoms with E-state index in [9.17, 15) is 4.39 Å². The third-order valence-electron chi connectivity index (χ3n) is 5.81. The van der Waals surface area contributed by atoms with E-state index in [0.29, 0.717) is 23.2 Å². The van der Waals surface area contributed by atoms with E-state index < -0.39 is 0 Å². The zero-order valence-corrected chi connectivity index (χ0v) is 18.9. The van der Waals surface area contributed by atoms with Gasteiger partial charge in [0.15, 0.2) is 0 Å². The maximum Gasteiger partial charge on any atom is 0.231 e. The van der Waals surface area contributed by atoms with Crippen molar-refractivity contribution in [2.45, 2.75) is 25.4 Å². The van der Waals surface area contributed by atoms with Gasteiger partial charge in [-0.05, 0) is 68.0 Å². The van der Waals surface area contributed by atoms with Gasteiger partial charge in [-0.25, -0.2) is 9.07 Å². The zero-order valence-electron chi connectivity index (χ0n) is 18.1. The summed E-state index contributed by atoms with van der Waals surface area (Å²) in [5.41, 5.74) is 1.58. The maximum atomic E-state index is 13.2. The van der Waals surface area contributed by atoms with Crippen LogP contribution in [-0.4, -0.2) is 49.6 Å². The van der Waals surface area contributed by atoms with Crippen LogP contribution >= 0.6 is 12.2 Å². The number of halogens is 1. The topological polar surface area (TPSA) is 74.1 Å². The molecular weight excluding hydrogens is 443 g/mol. The number of benzene rings is 2. The molecule has 0 spiro atoms. The van der Waals surface area contributed by atoms with Gasteiger partial charge in [-0.1, -0.05) is 17.3 Å². The Kier molecular flexibility index (Phi) is 6.01. The van der Waals surface area contributed by atoms with Gasteiger partial charge in [-0.15, -0.1) is 0 Å². The number of likely N-dealkylation sites (tertiary alicyclic amines) is 1. The van der Waals surface area contributed by atoms with Gasteiger partial charge in [-0.3, -0.25) is 9.47 Å². The minimum atomic E-state index is -0.294. The first-order valence-corrected chi connectivity index (χ1v) is 11.1. The van der Waals surface area contributed by atoms with Gasteiger partial charge in [0.1, 0.15) is 17.9 Å². The molecule has 8 nitrogen and oxygen atoms in total. The smallest absolute Gasteiger partial charge is 0.231 e. The molecular formula is C23H23FN6O2S. The van der Waals surface area contributed by atoms with Crippen LogP contribution in [0.15, 0.2) is 59.4 Å². The highest BCUT2D eigenvalue weighted by Crippen LogP contribution is 2.28. The molecule has 0 radical (unpaired) electrons. The molecule has 1 atom stereocenters. The summed E-state index contributed by atoms with van der Waals surface area (Å²) in [6, 6.07) is 13.8. The molecule has 33 heavy (non-hydrogen) atoms. The molecule has 0 bridgehead atoms. The van der Waals surface area contributed by atoms with Crippen LogP contribution in [0.25, 0.3) is 17.1 Å². The number of ether oxygens (including phenoxy) is 1. The zero-order chi connectivity index (χ0) is 22.8. The molecule has 10 heteroatoms. The molecule has 1 unspecified atom stereocenters. The van der Waals surface area contributed by atoms with Gasteiger partial charge >= 0.3 is 0 Å². The van der Waals surface area contributed by atoms with Gasteiger partial charge in [-0.2, -0.15) is 10.1 Å². The lowest BCUT2D eigenvalue weighted by molar-refractivity contribution is 0.143. The van der Waals surface area contributed by atoms with E-state index in [4.69, 9.17) is 21.5 Å². The van der Waals surface area contributed by atoms with E-state index >= 15 is 0 Å². The van der Waals surface area contributed by atoms with Crippen LogP contribution in [-0.2, 0) is 6.67 Å². The van der Waals surface area contributed by atoms with E-state index in [1.54, 1.807) is 25.6 Å². The maximum absolute atomic E-state index is 13.2. The lowest BCUT2D eigenvalue weighted by Crippen LogP contribution is -2.36. The molecule has 0 aliphatic carbocycles. The first-order valence-electron chi connectivity index (χ1n) is 10.7. The minimum Gasteiger partial charge on any atom is -0.495 e. The van der Waals surface area contributed by atoms with Crippen molar-refractivity contribution < 1.29 is 13.7 Å². The third-order valence-corrected chi connectivity index (χ3v) is 6.22. The van der Waals surface area contributed by atoms with Gasteiger partial charge in [0.25, 0.3) is 0 Å². The summed E-state index contributed by atoms with van der Waals surface area (Å²) < 4.78 is 28.5. The Labute approximate surface area is 195 Å². The van der Waals surface area contributed by atoms with Crippen LogP contribution in [0.1, 0.15) is 24.7 Å². The number of methoxy groups -OCH3 is 1. The first kappa shape index (κ1) is 21.5. The largest absolute Gasteiger partial charge is 0.495 e. The number of hydrogen-bond acceptors (Lipinski definition) is 7. The monoisotopic (exact) mass is 466 g/mol. The number of hydrogen-bond donors (Lipinski definition) is 0. The molecule has 1 saturated heterocycles. The third kappa shape index (κ3) is 4.44. The molecule has 0 N–H and O–H groups in total. The van der Waals surface area contributed by atoms with E-state index in [1.165, 1.54) is 12.1 Å². The highest BCUT2D eigenvalue weighted by Gasteiger charge is 2.27. The Morgan fingerprint density at radius 2 is 2.00 bits per heavy atom. The molecule has 2 aromatic heterocycles. The minimum absolute atomic E-state index is 0.117. The van der Waals surface area contributed by atoms with Gasteiger partial charge in [0.2, 0.25) is 16.5 Å². The molecule has 4 aromatic rings. The van der Waals surface area contributed by atoms with Crippen LogP contribution in [0.2, 0.25) is 0 Å². The molecule has 3 heterocycles. The number of aromatic nitrogens is 5. The van der Waals surface area contributed by atoms with Crippen LogP contribution in [0.4, 0.5) is 4.39 Å². The van der Waals surface area contributed by atoms with Crippen molar-refractivity contribution in [2.75, 3.05) is 20.2 Å². The SMILES string of the molecule is COc1ccccc1-n1cnn(CN2CCCC(c3nc(-c4ccc(F)cc4)no3)C2)c1=S. The molecule has 2 aromatic carbocycles. The molecule has 1 aliphatic rings. The fraction of sp³-hybridized carbons (Fsp3) is 0.304. The van der Waals surface area contributed by atoms with Crippen LogP contribution in [0.5, 0.6) is 5.75 Å². The summed E-state index contributed by atoms with van der Waals surface area (Å²) in [6.07, 6.45) is 3.68. The van der Waals surface area contributed by atoms with Crippen molar-refractivity contribution in [2.24, 2.45) is 0 Å². The number of nitrogens with zero attached hydrogens (tertiary/aromatic N) is 6. The summed E-state index contributed by atoms with van der Waals surface area (Å²) in [5, 5.41) is 8.60. The number of rotatable bonds is 6. The van der Waals surface area contributed by atoms with Crippen molar-refractivity contribution in [3.8, 4) is 22.8 Å². The second-order valence-electron chi connectivity index (χ2n) is 7.98. The van der Waals surface area contributed by atoms with Crippen molar-refractivity contribution in [3.63, 3.8) is 0 Å². The molecule has 5 rings (SSSR count). The Hall–Kier alpha value is -3.37. The number of para-hydroxylation sites is 2. The fourth-order valence-corrected chi connectivity index (χ4v) is 4.37. The van der Waals surface area contributed by atoms with Crippen molar-refractivity contribution >= 4 is 12.2 Å². The summed E-state index contributed by atoms with van der Waals surface area (Å²) in [4.78, 5) is 6.85. The summed E-state index contributed by atoms with van der Waals surface area (Å²) in [6.45, 7) is 2.25. The summed E-state index contributed by atoms with van der Waals surface area (Å²) in [7, 11) is 1.64. The Morgan fingerprint density at radius 1 is 1.18 bits per heavy atom. The van der Waals surface area contributed by atoms with Gasteiger partial charge < -0.3 is 9.26 Å². The second-order valence-corrected chi connectivity index (χ2v) is 8.34. The lowest BCUT2D eigenvalue weighted by atomic mass is 9.98. The average molecular weight is 467 g/mol. The Morgan fingerprint density at radius 3 is 2.82 bits per heavy atom. The van der Waals surface area contributed by atoms with E-state index in [-0.39, 0.29) is 11.7 Å². The molecule has 0 amide bonds.